The summed E-state index contributed by atoms with van der Waals surface area (Å²) in [6, 6.07) is 0. The molecule has 2 amide bonds. The number of alkyl halides is 1. The first kappa shape index (κ1) is 13.9. The molecular weight excluding hydrogens is 282 g/mol. The molecule has 0 aromatic heterocycles. The molecule has 1 heterocycles. The normalized spacial score (nSPS) is 16.5. The Hall–Kier alpha value is -1.16. The van der Waals surface area contributed by atoms with Crippen molar-refractivity contribution >= 4 is 27.7 Å². The third kappa shape index (κ3) is 2.94. The molecule has 0 saturated heterocycles. The molecule has 92 valence electrons. The number of nitrogens with zero attached hydrogens (tertiary/aromatic N) is 1. The number of carbonyl (C=O) groups excluding carboxylic acids is 2. The Morgan fingerprint density at radius 2 is 1.88 bits per heavy atom. The van der Waals surface area contributed by atoms with Crippen LogP contribution in [0.15, 0.2) is 36.0 Å². The number of rotatable bonds is 6. The quantitative estimate of drug-likeness (QED) is 0.429. The van der Waals surface area contributed by atoms with Crippen LogP contribution in [0.25, 0.3) is 0 Å². The molecule has 4 heteroatoms. The van der Waals surface area contributed by atoms with Crippen molar-refractivity contribution in [2.24, 2.45) is 0 Å². The second kappa shape index (κ2) is 6.55. The molecule has 1 aliphatic heterocycles. The van der Waals surface area contributed by atoms with Crippen LogP contribution in [0.2, 0.25) is 0 Å². The molecule has 0 atom stereocenters. The average molecular weight is 298 g/mol. The number of halogens is 1. The van der Waals surface area contributed by atoms with Crippen molar-refractivity contribution < 1.29 is 9.59 Å². The van der Waals surface area contributed by atoms with E-state index in [1.807, 2.05) is 6.92 Å². The Morgan fingerprint density at radius 1 is 1.24 bits per heavy atom. The topological polar surface area (TPSA) is 37.4 Å². The fourth-order valence-electron chi connectivity index (χ4n) is 1.71. The van der Waals surface area contributed by atoms with Crippen molar-refractivity contribution in [1.82, 2.24) is 4.90 Å². The molecule has 0 spiro atoms. The van der Waals surface area contributed by atoms with Gasteiger partial charge in [-0.3, -0.25) is 14.5 Å². The van der Waals surface area contributed by atoms with E-state index in [-0.39, 0.29) is 11.8 Å². The molecule has 0 aliphatic carbocycles. The van der Waals surface area contributed by atoms with Gasteiger partial charge in [0.1, 0.15) is 0 Å². The first-order valence-corrected chi connectivity index (χ1v) is 6.71. The zero-order chi connectivity index (χ0) is 12.8. The second-order valence-corrected chi connectivity index (χ2v) is 4.48. The van der Waals surface area contributed by atoms with Crippen LogP contribution >= 0.6 is 15.9 Å². The fraction of sp³-hybridized carbons (Fsp3) is 0.385. The van der Waals surface area contributed by atoms with Gasteiger partial charge in [0.2, 0.25) is 0 Å². The number of amides is 2. The van der Waals surface area contributed by atoms with Gasteiger partial charge < -0.3 is 0 Å². The summed E-state index contributed by atoms with van der Waals surface area (Å²) in [5, 5.41) is 0.882. The third-order valence-corrected chi connectivity index (χ3v) is 3.10. The predicted molar refractivity (Wildman–Crippen MR) is 71.8 cm³/mol. The van der Waals surface area contributed by atoms with Crippen LogP contribution in [-0.2, 0) is 9.59 Å². The Bertz CT molecular complexity index is 396. The van der Waals surface area contributed by atoms with Crippen molar-refractivity contribution in [3.8, 4) is 0 Å². The SMILES string of the molecule is C=CC1=C(/C=C\C)C(=O)N(CCCCBr)C1=O. The van der Waals surface area contributed by atoms with Gasteiger partial charge in [-0.25, -0.2) is 0 Å². The van der Waals surface area contributed by atoms with Crippen LogP contribution in [0, 0.1) is 0 Å². The molecule has 0 aromatic carbocycles. The number of unbranched alkanes of at least 4 members (excludes halogenated alkanes) is 1. The van der Waals surface area contributed by atoms with Crippen molar-refractivity contribution in [2.45, 2.75) is 19.8 Å². The van der Waals surface area contributed by atoms with E-state index < -0.39 is 0 Å². The molecule has 0 radical (unpaired) electrons. The van der Waals surface area contributed by atoms with Gasteiger partial charge >= 0.3 is 0 Å². The van der Waals surface area contributed by atoms with Crippen LogP contribution in [0.3, 0.4) is 0 Å². The van der Waals surface area contributed by atoms with E-state index in [0.29, 0.717) is 17.7 Å². The molecule has 0 bridgehead atoms. The van der Waals surface area contributed by atoms with Gasteiger partial charge in [0.25, 0.3) is 11.8 Å². The number of hydrogen-bond acceptors (Lipinski definition) is 2. The summed E-state index contributed by atoms with van der Waals surface area (Å²) in [6.07, 6.45) is 6.64. The second-order valence-electron chi connectivity index (χ2n) is 3.69. The summed E-state index contributed by atoms with van der Waals surface area (Å²) in [6.45, 7) is 5.88. The Kier molecular flexibility index (Phi) is 5.35. The molecule has 0 saturated carbocycles. The summed E-state index contributed by atoms with van der Waals surface area (Å²) in [5.41, 5.74) is 0.860. The number of allylic oxidation sites excluding steroid dienone is 1. The summed E-state index contributed by atoms with van der Waals surface area (Å²) in [7, 11) is 0. The average Bonchev–Trinajstić information content (AvgIpc) is 2.54. The predicted octanol–water partition coefficient (Wildman–Crippen LogP) is 2.59. The van der Waals surface area contributed by atoms with Crippen LogP contribution < -0.4 is 0 Å². The van der Waals surface area contributed by atoms with E-state index >= 15 is 0 Å². The minimum atomic E-state index is -0.229. The molecule has 0 aromatic rings. The summed E-state index contributed by atoms with van der Waals surface area (Å²) in [4.78, 5) is 25.3. The van der Waals surface area contributed by atoms with Gasteiger partial charge in [-0.2, -0.15) is 0 Å². The van der Waals surface area contributed by atoms with E-state index in [4.69, 9.17) is 0 Å². The number of carbonyl (C=O) groups is 2. The zero-order valence-electron chi connectivity index (χ0n) is 9.91. The molecule has 3 nitrogen and oxygen atoms in total. The number of imide groups is 1. The maximum atomic E-state index is 12.0. The maximum Gasteiger partial charge on any atom is 0.261 e. The Labute approximate surface area is 110 Å². The largest absolute Gasteiger partial charge is 0.274 e. The molecule has 0 N–H and O–H groups in total. The Morgan fingerprint density at radius 3 is 2.41 bits per heavy atom. The fourth-order valence-corrected chi connectivity index (χ4v) is 2.10. The molecule has 0 unspecified atom stereocenters. The minimum absolute atomic E-state index is 0.211. The zero-order valence-corrected chi connectivity index (χ0v) is 11.5. The summed E-state index contributed by atoms with van der Waals surface area (Å²) >= 11 is 3.33. The lowest BCUT2D eigenvalue weighted by Gasteiger charge is -2.13. The highest BCUT2D eigenvalue weighted by molar-refractivity contribution is 9.09. The van der Waals surface area contributed by atoms with Gasteiger partial charge in [0.15, 0.2) is 0 Å². The molecule has 0 fully saturated rings. The van der Waals surface area contributed by atoms with Crippen molar-refractivity contribution in [1.29, 1.82) is 0 Å². The van der Waals surface area contributed by atoms with Crippen LogP contribution in [0.5, 0.6) is 0 Å². The summed E-state index contributed by atoms with van der Waals surface area (Å²) in [5.74, 6) is -0.440. The van der Waals surface area contributed by atoms with Gasteiger partial charge in [-0.05, 0) is 19.8 Å². The third-order valence-electron chi connectivity index (χ3n) is 2.54. The lowest BCUT2D eigenvalue weighted by atomic mass is 10.1. The van der Waals surface area contributed by atoms with Crippen LogP contribution in [0.4, 0.5) is 0 Å². The van der Waals surface area contributed by atoms with Crippen molar-refractivity contribution in [2.75, 3.05) is 11.9 Å². The highest BCUT2D eigenvalue weighted by Crippen LogP contribution is 2.23. The highest BCUT2D eigenvalue weighted by Gasteiger charge is 2.34. The smallest absolute Gasteiger partial charge is 0.261 e. The first-order valence-electron chi connectivity index (χ1n) is 5.59. The van der Waals surface area contributed by atoms with E-state index in [2.05, 4.69) is 22.5 Å². The first-order chi connectivity index (χ1) is 8.17. The highest BCUT2D eigenvalue weighted by atomic mass is 79.9. The van der Waals surface area contributed by atoms with Gasteiger partial charge in [-0.1, -0.05) is 40.7 Å². The lowest BCUT2D eigenvalue weighted by molar-refractivity contribution is -0.137. The van der Waals surface area contributed by atoms with Crippen LogP contribution in [-0.4, -0.2) is 28.6 Å². The summed E-state index contributed by atoms with van der Waals surface area (Å²) < 4.78 is 0. The monoisotopic (exact) mass is 297 g/mol. The standard InChI is InChI=1S/C13H16BrNO2/c1-3-7-11-10(4-2)12(16)15(13(11)17)9-6-5-8-14/h3-4,7H,2,5-6,8-9H2,1H3/b7-3-. The Balaban J connectivity index is 2.85. The molecular formula is C13H16BrNO2. The lowest BCUT2D eigenvalue weighted by Crippen LogP contribution is -2.32. The van der Waals surface area contributed by atoms with Crippen molar-refractivity contribution in [3.63, 3.8) is 0 Å². The van der Waals surface area contributed by atoms with Gasteiger partial charge in [-0.15, -0.1) is 0 Å². The molecule has 1 aliphatic rings. The number of hydrogen-bond donors (Lipinski definition) is 0. The van der Waals surface area contributed by atoms with Gasteiger partial charge in [0.05, 0.1) is 11.1 Å². The molecule has 1 rings (SSSR count). The van der Waals surface area contributed by atoms with E-state index in [0.717, 1.165) is 18.2 Å². The minimum Gasteiger partial charge on any atom is -0.274 e. The van der Waals surface area contributed by atoms with E-state index in [1.165, 1.54) is 11.0 Å². The molecule has 17 heavy (non-hydrogen) atoms. The van der Waals surface area contributed by atoms with Gasteiger partial charge in [0, 0.05) is 11.9 Å². The van der Waals surface area contributed by atoms with E-state index in [9.17, 15) is 9.59 Å². The van der Waals surface area contributed by atoms with Crippen molar-refractivity contribution in [3.05, 3.63) is 36.0 Å². The maximum absolute atomic E-state index is 12.0. The van der Waals surface area contributed by atoms with E-state index in [1.54, 1.807) is 12.2 Å². The van der Waals surface area contributed by atoms with Crippen LogP contribution in [0.1, 0.15) is 19.8 Å².